The van der Waals surface area contributed by atoms with Crippen LogP contribution in [-0.4, -0.2) is 19.6 Å². The number of aliphatic imine (C=N–C) groups is 1. The lowest BCUT2D eigenvalue weighted by Crippen LogP contribution is -2.24. The lowest BCUT2D eigenvalue weighted by atomic mass is 10.1. The third-order valence-corrected chi connectivity index (χ3v) is 3.78. The first kappa shape index (κ1) is 17.3. The van der Waals surface area contributed by atoms with Crippen molar-refractivity contribution in [2.24, 2.45) is 10.7 Å². The van der Waals surface area contributed by atoms with Crippen molar-refractivity contribution in [2.75, 3.05) is 19.0 Å². The molecule has 2 aromatic rings. The number of benzene rings is 2. The lowest BCUT2D eigenvalue weighted by Gasteiger charge is -2.14. The number of methoxy groups -OCH3 is 1. The number of aryl methyl sites for hydroxylation is 1. The molecule has 0 saturated heterocycles. The highest BCUT2D eigenvalue weighted by atomic mass is 35.5. The number of ether oxygens (including phenoxy) is 1. The largest absolute Gasteiger partial charge is 0.375 e. The second-order valence-corrected chi connectivity index (χ2v) is 5.62. The van der Waals surface area contributed by atoms with Crippen molar-refractivity contribution in [2.45, 2.75) is 19.4 Å². The minimum atomic E-state index is -0.184. The predicted octanol–water partition coefficient (Wildman–Crippen LogP) is 4.02. The molecule has 2 rings (SSSR count). The summed E-state index contributed by atoms with van der Waals surface area (Å²) in [5.41, 5.74) is 9.12. The van der Waals surface area contributed by atoms with Crippen LogP contribution in [0.5, 0.6) is 0 Å². The van der Waals surface area contributed by atoms with Gasteiger partial charge in [0.25, 0.3) is 0 Å². The van der Waals surface area contributed by atoms with E-state index in [1.807, 2.05) is 36.4 Å². The maximum absolute atomic E-state index is 6.02. The standard InChI is InChI=1S/C18H22ClN3O/c1-3-13-6-4-9-16(10-13)22-18(20)21-12-17(23-2)14-7-5-8-15(19)11-14/h4-11,17H,3,12H2,1-2H3,(H3,20,21,22). The molecule has 2 aromatic carbocycles. The van der Waals surface area contributed by atoms with Gasteiger partial charge in [0.1, 0.15) is 6.10 Å². The van der Waals surface area contributed by atoms with Gasteiger partial charge in [0.05, 0.1) is 6.54 Å². The fourth-order valence-corrected chi connectivity index (χ4v) is 2.46. The molecule has 3 N–H and O–H groups in total. The van der Waals surface area contributed by atoms with E-state index in [4.69, 9.17) is 22.1 Å². The summed E-state index contributed by atoms with van der Waals surface area (Å²) >= 11 is 6.02. The van der Waals surface area contributed by atoms with E-state index in [1.165, 1.54) is 5.56 Å². The van der Waals surface area contributed by atoms with Crippen LogP contribution < -0.4 is 11.1 Å². The van der Waals surface area contributed by atoms with Crippen LogP contribution in [-0.2, 0) is 11.2 Å². The van der Waals surface area contributed by atoms with E-state index in [9.17, 15) is 0 Å². The fourth-order valence-electron chi connectivity index (χ4n) is 2.26. The van der Waals surface area contributed by atoms with Gasteiger partial charge in [0.15, 0.2) is 5.96 Å². The molecule has 5 heteroatoms. The fraction of sp³-hybridized carbons (Fsp3) is 0.278. The summed E-state index contributed by atoms with van der Waals surface area (Å²) in [5, 5.41) is 3.78. The summed E-state index contributed by atoms with van der Waals surface area (Å²) in [4.78, 5) is 4.37. The molecule has 0 spiro atoms. The van der Waals surface area contributed by atoms with Crippen molar-refractivity contribution < 1.29 is 4.74 Å². The molecule has 1 unspecified atom stereocenters. The number of nitrogens with zero attached hydrogens (tertiary/aromatic N) is 1. The van der Waals surface area contributed by atoms with Gasteiger partial charge in [-0.3, -0.25) is 4.99 Å². The van der Waals surface area contributed by atoms with Crippen LogP contribution in [0, 0.1) is 0 Å². The molecule has 0 fully saturated rings. The van der Waals surface area contributed by atoms with Crippen LogP contribution in [0.2, 0.25) is 5.02 Å². The summed E-state index contributed by atoms with van der Waals surface area (Å²) in [6.07, 6.45) is 0.795. The molecule has 0 saturated carbocycles. The van der Waals surface area contributed by atoms with Crippen molar-refractivity contribution in [3.8, 4) is 0 Å². The Bertz CT molecular complexity index is 673. The highest BCUT2D eigenvalue weighted by Crippen LogP contribution is 2.20. The zero-order valence-electron chi connectivity index (χ0n) is 13.4. The molecule has 0 heterocycles. The van der Waals surface area contributed by atoms with Gasteiger partial charge in [0.2, 0.25) is 0 Å². The molecule has 0 aliphatic heterocycles. The van der Waals surface area contributed by atoms with E-state index in [2.05, 4.69) is 29.4 Å². The van der Waals surface area contributed by atoms with Gasteiger partial charge in [-0.2, -0.15) is 0 Å². The normalized spacial score (nSPS) is 12.9. The summed E-state index contributed by atoms with van der Waals surface area (Å²) in [5.74, 6) is 0.363. The number of rotatable bonds is 6. The highest BCUT2D eigenvalue weighted by Gasteiger charge is 2.10. The molecule has 4 nitrogen and oxygen atoms in total. The van der Waals surface area contributed by atoms with E-state index >= 15 is 0 Å². The Kier molecular flexibility index (Phi) is 6.44. The van der Waals surface area contributed by atoms with Gasteiger partial charge in [-0.25, -0.2) is 0 Å². The van der Waals surface area contributed by atoms with Crippen LogP contribution in [0.25, 0.3) is 0 Å². The summed E-state index contributed by atoms with van der Waals surface area (Å²) in [7, 11) is 1.65. The second-order valence-electron chi connectivity index (χ2n) is 5.18. The molecule has 0 aliphatic rings. The molecule has 1 atom stereocenters. The zero-order chi connectivity index (χ0) is 16.7. The number of anilines is 1. The molecule has 23 heavy (non-hydrogen) atoms. The molecule has 122 valence electrons. The van der Waals surface area contributed by atoms with E-state index in [1.54, 1.807) is 7.11 Å². The number of nitrogens with two attached hydrogens (primary N) is 1. The summed E-state index contributed by atoms with van der Waals surface area (Å²) in [6.45, 7) is 2.54. The van der Waals surface area contributed by atoms with Crippen LogP contribution in [0.4, 0.5) is 5.69 Å². The minimum absolute atomic E-state index is 0.184. The second kappa shape index (κ2) is 8.56. The molecule has 0 bridgehead atoms. The molecular formula is C18H22ClN3O. The molecule has 0 aromatic heterocycles. The molecule has 0 amide bonds. The molecule has 0 radical (unpaired) electrons. The van der Waals surface area contributed by atoms with Gasteiger partial charge in [-0.15, -0.1) is 0 Å². The predicted molar refractivity (Wildman–Crippen MR) is 97.1 cm³/mol. The lowest BCUT2D eigenvalue weighted by molar-refractivity contribution is 0.111. The van der Waals surface area contributed by atoms with Gasteiger partial charge >= 0.3 is 0 Å². The monoisotopic (exact) mass is 331 g/mol. The Morgan fingerprint density at radius 3 is 2.74 bits per heavy atom. The number of guanidine groups is 1. The summed E-state index contributed by atoms with van der Waals surface area (Å²) < 4.78 is 5.48. The average Bonchev–Trinajstić information content (AvgIpc) is 2.55. The topological polar surface area (TPSA) is 59.6 Å². The Balaban J connectivity index is 2.02. The van der Waals surface area contributed by atoms with Crippen molar-refractivity contribution in [1.82, 2.24) is 0 Å². The zero-order valence-corrected chi connectivity index (χ0v) is 14.2. The Morgan fingerprint density at radius 1 is 1.26 bits per heavy atom. The first-order valence-corrected chi connectivity index (χ1v) is 7.94. The first-order valence-electron chi connectivity index (χ1n) is 7.56. The van der Waals surface area contributed by atoms with E-state index in [0.29, 0.717) is 17.5 Å². The SMILES string of the molecule is CCc1cccc(NC(N)=NCC(OC)c2cccc(Cl)c2)c1. The van der Waals surface area contributed by atoms with Crippen LogP contribution in [0.15, 0.2) is 53.5 Å². The number of nitrogens with one attached hydrogen (secondary N) is 1. The number of hydrogen-bond acceptors (Lipinski definition) is 2. The smallest absolute Gasteiger partial charge is 0.193 e. The van der Waals surface area contributed by atoms with E-state index in [-0.39, 0.29) is 6.10 Å². The Morgan fingerprint density at radius 2 is 2.04 bits per heavy atom. The molecule has 0 aliphatic carbocycles. The number of halogens is 1. The van der Waals surface area contributed by atoms with Crippen LogP contribution in [0.1, 0.15) is 24.2 Å². The van der Waals surface area contributed by atoms with Crippen molar-refractivity contribution >= 4 is 23.2 Å². The van der Waals surface area contributed by atoms with Crippen LogP contribution in [0.3, 0.4) is 0 Å². The van der Waals surface area contributed by atoms with E-state index < -0.39 is 0 Å². The van der Waals surface area contributed by atoms with Crippen molar-refractivity contribution in [1.29, 1.82) is 0 Å². The highest BCUT2D eigenvalue weighted by molar-refractivity contribution is 6.30. The molecular weight excluding hydrogens is 310 g/mol. The van der Waals surface area contributed by atoms with Crippen molar-refractivity contribution in [3.63, 3.8) is 0 Å². The quantitative estimate of drug-likeness (QED) is 0.621. The average molecular weight is 332 g/mol. The van der Waals surface area contributed by atoms with Gasteiger partial charge in [-0.1, -0.05) is 42.8 Å². The number of hydrogen-bond donors (Lipinski definition) is 2. The van der Waals surface area contributed by atoms with Crippen molar-refractivity contribution in [3.05, 3.63) is 64.7 Å². The summed E-state index contributed by atoms with van der Waals surface area (Å²) in [6, 6.07) is 15.7. The Hall–Kier alpha value is -2.04. The van der Waals surface area contributed by atoms with Crippen LogP contribution >= 0.6 is 11.6 Å². The first-order chi connectivity index (χ1) is 11.1. The van der Waals surface area contributed by atoms with Gasteiger partial charge in [0, 0.05) is 17.8 Å². The van der Waals surface area contributed by atoms with Gasteiger partial charge < -0.3 is 15.8 Å². The van der Waals surface area contributed by atoms with Gasteiger partial charge in [-0.05, 0) is 41.8 Å². The Labute approximate surface area is 142 Å². The van der Waals surface area contributed by atoms with E-state index in [0.717, 1.165) is 17.7 Å². The maximum atomic E-state index is 6.02. The third kappa shape index (κ3) is 5.27. The minimum Gasteiger partial charge on any atom is -0.375 e. The third-order valence-electron chi connectivity index (χ3n) is 3.54. The maximum Gasteiger partial charge on any atom is 0.193 e.